The van der Waals surface area contributed by atoms with Crippen molar-refractivity contribution in [3.63, 3.8) is 0 Å². The van der Waals surface area contributed by atoms with Gasteiger partial charge in [0, 0.05) is 18.8 Å². The third-order valence-electron chi connectivity index (χ3n) is 4.97. The minimum atomic E-state index is -1.13. The van der Waals surface area contributed by atoms with E-state index in [1.165, 1.54) is 0 Å². The highest BCUT2D eigenvalue weighted by Crippen LogP contribution is 2.48. The second kappa shape index (κ2) is 5.93. The Hall–Kier alpha value is -1.93. The normalized spacial score (nSPS) is 21.2. The first-order valence-corrected chi connectivity index (χ1v) is 8.27. The number of benzene rings is 2. The van der Waals surface area contributed by atoms with E-state index in [0.29, 0.717) is 12.8 Å². The first-order chi connectivity index (χ1) is 10.9. The molecular formula is C21H24O2. The molecule has 0 saturated heterocycles. The monoisotopic (exact) mass is 308 g/mol. The summed E-state index contributed by atoms with van der Waals surface area (Å²) in [6, 6.07) is 19.5. The molecule has 2 aromatic rings. The van der Waals surface area contributed by atoms with Gasteiger partial charge in [0.1, 0.15) is 11.4 Å². The highest BCUT2D eigenvalue weighted by Gasteiger charge is 2.46. The number of hydrogen-bond donors (Lipinski definition) is 1. The standard InChI is InChI=1S/C21H24O2/c1-20(2)14-18(13-19(22)15-20)21(23,16-9-5-3-6-10-16)17-11-7-4-8-12-17/h3-12,18,23H,13-15H2,1-2H3. The van der Waals surface area contributed by atoms with Crippen LogP contribution >= 0.6 is 0 Å². The van der Waals surface area contributed by atoms with E-state index >= 15 is 0 Å². The van der Waals surface area contributed by atoms with Crippen LogP contribution in [0, 0.1) is 11.3 Å². The second-order valence-electron chi connectivity index (χ2n) is 7.48. The smallest absolute Gasteiger partial charge is 0.133 e. The van der Waals surface area contributed by atoms with Gasteiger partial charge in [0.15, 0.2) is 0 Å². The molecule has 1 fully saturated rings. The van der Waals surface area contributed by atoms with Gasteiger partial charge in [0.2, 0.25) is 0 Å². The van der Waals surface area contributed by atoms with E-state index in [2.05, 4.69) is 13.8 Å². The predicted octanol–water partition coefficient (Wildman–Crippen LogP) is 4.32. The van der Waals surface area contributed by atoms with E-state index in [1.54, 1.807) is 0 Å². The van der Waals surface area contributed by atoms with Gasteiger partial charge in [0.25, 0.3) is 0 Å². The van der Waals surface area contributed by atoms with Gasteiger partial charge >= 0.3 is 0 Å². The SMILES string of the molecule is CC1(C)CC(=O)CC(C(O)(c2ccccc2)c2ccccc2)C1. The van der Waals surface area contributed by atoms with Crippen LogP contribution < -0.4 is 0 Å². The zero-order valence-electron chi connectivity index (χ0n) is 13.8. The molecule has 1 N–H and O–H groups in total. The van der Waals surface area contributed by atoms with Gasteiger partial charge in [-0.3, -0.25) is 4.79 Å². The van der Waals surface area contributed by atoms with Crippen molar-refractivity contribution in [2.45, 2.75) is 38.7 Å². The summed E-state index contributed by atoms with van der Waals surface area (Å²) in [7, 11) is 0. The molecule has 0 heterocycles. The van der Waals surface area contributed by atoms with E-state index in [1.807, 2.05) is 60.7 Å². The maximum absolute atomic E-state index is 12.3. The first kappa shape index (κ1) is 15.9. The van der Waals surface area contributed by atoms with Crippen molar-refractivity contribution in [3.05, 3.63) is 71.8 Å². The van der Waals surface area contributed by atoms with Crippen molar-refractivity contribution in [1.82, 2.24) is 0 Å². The molecule has 120 valence electrons. The van der Waals surface area contributed by atoms with Crippen molar-refractivity contribution >= 4 is 5.78 Å². The minimum Gasteiger partial charge on any atom is -0.380 e. The second-order valence-corrected chi connectivity index (χ2v) is 7.48. The average Bonchev–Trinajstić information content (AvgIpc) is 2.54. The van der Waals surface area contributed by atoms with Crippen LogP contribution in [0.25, 0.3) is 0 Å². The average molecular weight is 308 g/mol. The number of hydrogen-bond acceptors (Lipinski definition) is 2. The third-order valence-corrected chi connectivity index (χ3v) is 4.97. The van der Waals surface area contributed by atoms with E-state index in [-0.39, 0.29) is 17.1 Å². The van der Waals surface area contributed by atoms with Gasteiger partial charge in [-0.2, -0.15) is 0 Å². The summed E-state index contributed by atoms with van der Waals surface area (Å²) < 4.78 is 0. The number of aliphatic hydroxyl groups is 1. The summed E-state index contributed by atoms with van der Waals surface area (Å²) in [5, 5.41) is 11.8. The fourth-order valence-corrected chi connectivity index (χ4v) is 4.01. The summed E-state index contributed by atoms with van der Waals surface area (Å²) in [5.41, 5.74) is 0.524. The number of carbonyl (C=O) groups is 1. The molecule has 0 spiro atoms. The van der Waals surface area contributed by atoms with Crippen molar-refractivity contribution in [2.75, 3.05) is 0 Å². The molecule has 1 unspecified atom stereocenters. The van der Waals surface area contributed by atoms with Crippen LogP contribution in [0.4, 0.5) is 0 Å². The van der Waals surface area contributed by atoms with Gasteiger partial charge in [-0.25, -0.2) is 0 Å². The van der Waals surface area contributed by atoms with Crippen LogP contribution in [0.2, 0.25) is 0 Å². The summed E-state index contributed by atoms with van der Waals surface area (Å²) in [4.78, 5) is 12.3. The molecule has 0 aromatic heterocycles. The maximum Gasteiger partial charge on any atom is 0.133 e. The summed E-state index contributed by atoms with van der Waals surface area (Å²) in [6.07, 6.45) is 1.87. The molecule has 0 amide bonds. The van der Waals surface area contributed by atoms with E-state index < -0.39 is 5.60 Å². The maximum atomic E-state index is 12.3. The zero-order chi connectivity index (χ0) is 16.5. The summed E-state index contributed by atoms with van der Waals surface area (Å²) >= 11 is 0. The van der Waals surface area contributed by atoms with Crippen LogP contribution in [-0.4, -0.2) is 10.9 Å². The molecule has 1 aliphatic carbocycles. The number of ketones is 1. The molecular weight excluding hydrogens is 284 g/mol. The Labute approximate surface area is 138 Å². The number of carbonyl (C=O) groups excluding carboxylic acids is 1. The highest BCUT2D eigenvalue weighted by atomic mass is 16.3. The fourth-order valence-electron chi connectivity index (χ4n) is 4.01. The Morgan fingerprint density at radius 1 is 0.957 bits per heavy atom. The van der Waals surface area contributed by atoms with Crippen LogP contribution in [0.15, 0.2) is 60.7 Å². The molecule has 1 atom stereocenters. The lowest BCUT2D eigenvalue weighted by Crippen LogP contribution is -2.43. The Kier molecular flexibility index (Phi) is 4.11. The van der Waals surface area contributed by atoms with Crippen LogP contribution in [0.3, 0.4) is 0 Å². The molecule has 23 heavy (non-hydrogen) atoms. The van der Waals surface area contributed by atoms with Gasteiger partial charge in [-0.05, 0) is 23.0 Å². The third kappa shape index (κ3) is 3.09. The first-order valence-electron chi connectivity index (χ1n) is 8.27. The molecule has 0 aliphatic heterocycles. The fraction of sp³-hybridized carbons (Fsp3) is 0.381. The number of rotatable bonds is 3. The number of Topliss-reactive ketones (excluding diaryl/α,β-unsaturated/α-hetero) is 1. The predicted molar refractivity (Wildman–Crippen MR) is 92.0 cm³/mol. The molecule has 3 rings (SSSR count). The van der Waals surface area contributed by atoms with Crippen LogP contribution in [0.5, 0.6) is 0 Å². The molecule has 0 radical (unpaired) electrons. The minimum absolute atomic E-state index is 0.0719. The topological polar surface area (TPSA) is 37.3 Å². The Balaban J connectivity index is 2.11. The Morgan fingerprint density at radius 2 is 1.43 bits per heavy atom. The Morgan fingerprint density at radius 3 is 1.87 bits per heavy atom. The van der Waals surface area contributed by atoms with Gasteiger partial charge in [-0.15, -0.1) is 0 Å². The van der Waals surface area contributed by atoms with Gasteiger partial charge in [0.05, 0.1) is 0 Å². The molecule has 1 saturated carbocycles. The largest absolute Gasteiger partial charge is 0.380 e. The lowest BCUT2D eigenvalue weighted by Gasteiger charge is -2.44. The molecule has 1 aliphatic rings. The van der Waals surface area contributed by atoms with Crippen LogP contribution in [0.1, 0.15) is 44.2 Å². The quantitative estimate of drug-likeness (QED) is 0.917. The molecule has 2 aromatic carbocycles. The summed E-state index contributed by atoms with van der Waals surface area (Å²) in [6.45, 7) is 4.24. The molecule has 2 nitrogen and oxygen atoms in total. The van der Waals surface area contributed by atoms with E-state index in [9.17, 15) is 9.90 Å². The van der Waals surface area contributed by atoms with E-state index in [4.69, 9.17) is 0 Å². The van der Waals surface area contributed by atoms with Crippen molar-refractivity contribution in [2.24, 2.45) is 11.3 Å². The van der Waals surface area contributed by atoms with Gasteiger partial charge in [-0.1, -0.05) is 74.5 Å². The van der Waals surface area contributed by atoms with Crippen molar-refractivity contribution in [1.29, 1.82) is 0 Å². The molecule has 2 heteroatoms. The lowest BCUT2D eigenvalue weighted by molar-refractivity contribution is -0.129. The summed E-state index contributed by atoms with van der Waals surface area (Å²) in [5.74, 6) is 0.139. The van der Waals surface area contributed by atoms with Gasteiger partial charge < -0.3 is 5.11 Å². The van der Waals surface area contributed by atoms with Crippen LogP contribution in [-0.2, 0) is 10.4 Å². The zero-order valence-corrected chi connectivity index (χ0v) is 13.8. The van der Waals surface area contributed by atoms with Crippen molar-refractivity contribution < 1.29 is 9.90 Å². The Bertz CT molecular complexity index is 634. The van der Waals surface area contributed by atoms with Crippen molar-refractivity contribution in [3.8, 4) is 0 Å². The lowest BCUT2D eigenvalue weighted by atomic mass is 9.63. The van der Waals surface area contributed by atoms with E-state index in [0.717, 1.165) is 17.5 Å². The molecule has 0 bridgehead atoms. The highest BCUT2D eigenvalue weighted by molar-refractivity contribution is 5.80.